The minimum absolute atomic E-state index is 0. The van der Waals surface area contributed by atoms with Gasteiger partial charge in [-0.25, -0.2) is 0 Å². The Morgan fingerprint density at radius 3 is 2.76 bits per heavy atom. The van der Waals surface area contributed by atoms with Crippen LogP contribution in [0, 0.1) is 5.41 Å². The van der Waals surface area contributed by atoms with Gasteiger partial charge in [-0.2, -0.15) is 0 Å². The second-order valence-electron chi connectivity index (χ2n) is 5.36. The summed E-state index contributed by atoms with van der Waals surface area (Å²) >= 11 is 0. The number of hydrogen-bond acceptors (Lipinski definition) is 3. The van der Waals surface area contributed by atoms with E-state index in [2.05, 4.69) is 24.5 Å². The summed E-state index contributed by atoms with van der Waals surface area (Å²) in [6, 6.07) is 0.00800. The maximum Gasteiger partial charge on any atom is 0.237 e. The van der Waals surface area contributed by atoms with Gasteiger partial charge in [0.05, 0.1) is 6.04 Å². The standard InChI is InChI=1S/C12H24N2O2.ClH/c1-12(2,6-4-8-15)9-14-11(16)10-5-3-7-13-10;/h10,13,15H,3-9H2,1-2H3,(H,14,16);1H. The van der Waals surface area contributed by atoms with Crippen LogP contribution in [0.3, 0.4) is 0 Å². The minimum Gasteiger partial charge on any atom is -0.396 e. The first-order chi connectivity index (χ1) is 7.55. The molecule has 1 aliphatic heterocycles. The Kier molecular flexibility index (Phi) is 7.75. The zero-order valence-corrected chi connectivity index (χ0v) is 11.6. The van der Waals surface area contributed by atoms with E-state index in [0.717, 1.165) is 32.2 Å². The first-order valence-corrected chi connectivity index (χ1v) is 6.17. The van der Waals surface area contributed by atoms with Gasteiger partial charge in [0.1, 0.15) is 0 Å². The Balaban J connectivity index is 0.00000256. The topological polar surface area (TPSA) is 61.4 Å². The molecule has 1 aliphatic rings. The zero-order chi connectivity index (χ0) is 12.0. The van der Waals surface area contributed by atoms with Crippen molar-refractivity contribution in [3.8, 4) is 0 Å². The molecule has 0 saturated carbocycles. The molecule has 5 heteroatoms. The lowest BCUT2D eigenvalue weighted by molar-refractivity contribution is -0.123. The molecule has 1 atom stereocenters. The molecule has 0 aliphatic carbocycles. The van der Waals surface area contributed by atoms with Gasteiger partial charge in [0.15, 0.2) is 0 Å². The van der Waals surface area contributed by atoms with Crippen LogP contribution in [0.5, 0.6) is 0 Å². The Bertz CT molecular complexity index is 229. The van der Waals surface area contributed by atoms with Gasteiger partial charge in [0.2, 0.25) is 5.91 Å². The molecule has 0 aromatic rings. The number of nitrogens with one attached hydrogen (secondary N) is 2. The van der Waals surface area contributed by atoms with Gasteiger partial charge in [0, 0.05) is 13.2 Å². The average molecular weight is 265 g/mol. The number of aliphatic hydroxyl groups is 1. The summed E-state index contributed by atoms with van der Waals surface area (Å²) in [4.78, 5) is 11.7. The van der Waals surface area contributed by atoms with Crippen LogP contribution in [0.4, 0.5) is 0 Å². The van der Waals surface area contributed by atoms with Crippen LogP contribution in [0.2, 0.25) is 0 Å². The summed E-state index contributed by atoms with van der Waals surface area (Å²) in [6.07, 6.45) is 3.77. The average Bonchev–Trinajstić information content (AvgIpc) is 2.77. The highest BCUT2D eigenvalue weighted by molar-refractivity contribution is 5.85. The zero-order valence-electron chi connectivity index (χ0n) is 10.8. The van der Waals surface area contributed by atoms with Crippen molar-refractivity contribution < 1.29 is 9.90 Å². The van der Waals surface area contributed by atoms with Gasteiger partial charge in [-0.15, -0.1) is 12.4 Å². The molecule has 0 radical (unpaired) electrons. The fourth-order valence-electron chi connectivity index (χ4n) is 2.00. The molecule has 1 saturated heterocycles. The van der Waals surface area contributed by atoms with E-state index in [1.165, 1.54) is 0 Å². The molecule has 3 N–H and O–H groups in total. The van der Waals surface area contributed by atoms with Gasteiger partial charge in [0.25, 0.3) is 0 Å². The Hall–Kier alpha value is -0.320. The third kappa shape index (κ3) is 6.24. The Labute approximate surface area is 110 Å². The smallest absolute Gasteiger partial charge is 0.237 e. The molecular weight excluding hydrogens is 240 g/mol. The van der Waals surface area contributed by atoms with Crippen LogP contribution in [-0.4, -0.2) is 36.8 Å². The number of rotatable bonds is 6. The number of carbonyl (C=O) groups is 1. The molecule has 0 bridgehead atoms. The van der Waals surface area contributed by atoms with Crippen LogP contribution in [0.1, 0.15) is 39.5 Å². The van der Waals surface area contributed by atoms with Gasteiger partial charge >= 0.3 is 0 Å². The van der Waals surface area contributed by atoms with Crippen LogP contribution in [0.15, 0.2) is 0 Å². The summed E-state index contributed by atoms with van der Waals surface area (Å²) in [6.45, 7) is 6.09. The predicted molar refractivity (Wildman–Crippen MR) is 71.4 cm³/mol. The first-order valence-electron chi connectivity index (χ1n) is 6.17. The van der Waals surface area contributed by atoms with Gasteiger partial charge < -0.3 is 15.7 Å². The number of halogens is 1. The van der Waals surface area contributed by atoms with E-state index in [9.17, 15) is 4.79 Å². The van der Waals surface area contributed by atoms with E-state index in [-0.39, 0.29) is 36.4 Å². The molecule has 1 rings (SSSR count). The lowest BCUT2D eigenvalue weighted by Crippen LogP contribution is -2.43. The van der Waals surface area contributed by atoms with E-state index in [1.807, 2.05) is 0 Å². The van der Waals surface area contributed by atoms with Gasteiger partial charge in [-0.05, 0) is 37.6 Å². The lowest BCUT2D eigenvalue weighted by Gasteiger charge is -2.25. The molecule has 0 aromatic heterocycles. The van der Waals surface area contributed by atoms with E-state index in [4.69, 9.17) is 5.11 Å². The molecule has 4 nitrogen and oxygen atoms in total. The summed E-state index contributed by atoms with van der Waals surface area (Å²) < 4.78 is 0. The number of hydrogen-bond donors (Lipinski definition) is 3. The summed E-state index contributed by atoms with van der Waals surface area (Å²) in [5.74, 6) is 0.120. The molecule has 102 valence electrons. The van der Waals surface area contributed by atoms with Crippen molar-refractivity contribution in [2.45, 2.75) is 45.6 Å². The quantitative estimate of drug-likeness (QED) is 0.673. The third-order valence-corrected chi connectivity index (χ3v) is 3.13. The third-order valence-electron chi connectivity index (χ3n) is 3.13. The Morgan fingerprint density at radius 2 is 2.24 bits per heavy atom. The number of aliphatic hydroxyl groups excluding tert-OH is 1. The van der Waals surface area contributed by atoms with E-state index >= 15 is 0 Å². The van der Waals surface area contributed by atoms with Crippen molar-refractivity contribution in [1.82, 2.24) is 10.6 Å². The largest absolute Gasteiger partial charge is 0.396 e. The Morgan fingerprint density at radius 1 is 1.53 bits per heavy atom. The van der Waals surface area contributed by atoms with Crippen LogP contribution in [-0.2, 0) is 4.79 Å². The predicted octanol–water partition coefficient (Wildman–Crippen LogP) is 1.08. The van der Waals surface area contributed by atoms with E-state index < -0.39 is 0 Å². The van der Waals surface area contributed by atoms with E-state index in [0.29, 0.717) is 6.54 Å². The van der Waals surface area contributed by atoms with Crippen molar-refractivity contribution >= 4 is 18.3 Å². The second-order valence-corrected chi connectivity index (χ2v) is 5.36. The first kappa shape index (κ1) is 16.7. The summed E-state index contributed by atoms with van der Waals surface area (Å²) in [5.41, 5.74) is 0.0665. The van der Waals surface area contributed by atoms with Crippen molar-refractivity contribution in [1.29, 1.82) is 0 Å². The van der Waals surface area contributed by atoms with E-state index in [1.54, 1.807) is 0 Å². The van der Waals surface area contributed by atoms with Crippen LogP contribution < -0.4 is 10.6 Å². The maximum atomic E-state index is 11.7. The summed E-state index contributed by atoms with van der Waals surface area (Å²) in [5, 5.41) is 15.0. The van der Waals surface area contributed by atoms with Crippen molar-refractivity contribution in [2.75, 3.05) is 19.7 Å². The molecule has 1 amide bonds. The summed E-state index contributed by atoms with van der Waals surface area (Å²) in [7, 11) is 0. The van der Waals surface area contributed by atoms with Crippen molar-refractivity contribution in [2.24, 2.45) is 5.41 Å². The van der Waals surface area contributed by atoms with Crippen LogP contribution >= 0.6 is 12.4 Å². The molecular formula is C12H25ClN2O2. The molecule has 17 heavy (non-hydrogen) atoms. The molecule has 0 spiro atoms. The normalized spacial score (nSPS) is 19.8. The number of amides is 1. The fourth-order valence-corrected chi connectivity index (χ4v) is 2.00. The van der Waals surface area contributed by atoms with Gasteiger partial charge in [-0.1, -0.05) is 13.8 Å². The number of carbonyl (C=O) groups excluding carboxylic acids is 1. The second kappa shape index (κ2) is 7.90. The molecule has 1 heterocycles. The lowest BCUT2D eigenvalue weighted by atomic mass is 9.88. The maximum absolute atomic E-state index is 11.7. The fraction of sp³-hybridized carbons (Fsp3) is 0.917. The van der Waals surface area contributed by atoms with Crippen molar-refractivity contribution in [3.63, 3.8) is 0 Å². The highest BCUT2D eigenvalue weighted by Gasteiger charge is 2.24. The highest BCUT2D eigenvalue weighted by atomic mass is 35.5. The van der Waals surface area contributed by atoms with Gasteiger partial charge in [-0.3, -0.25) is 4.79 Å². The van der Waals surface area contributed by atoms with Crippen LogP contribution in [0.25, 0.3) is 0 Å². The highest BCUT2D eigenvalue weighted by Crippen LogP contribution is 2.20. The SMILES string of the molecule is CC(C)(CCCO)CNC(=O)C1CCCN1.Cl. The molecule has 1 fully saturated rings. The minimum atomic E-state index is 0. The van der Waals surface area contributed by atoms with Crippen molar-refractivity contribution in [3.05, 3.63) is 0 Å². The molecule has 0 aromatic carbocycles. The molecule has 1 unspecified atom stereocenters. The monoisotopic (exact) mass is 264 g/mol.